The zero-order valence-corrected chi connectivity index (χ0v) is 7.50. The minimum absolute atomic E-state index is 0.151. The summed E-state index contributed by atoms with van der Waals surface area (Å²) in [7, 11) is 0. The van der Waals surface area contributed by atoms with E-state index in [1.165, 1.54) is 6.33 Å². The monoisotopic (exact) mass is 183 g/mol. The van der Waals surface area contributed by atoms with Crippen molar-refractivity contribution in [1.29, 1.82) is 0 Å². The average Bonchev–Trinajstić information content (AvgIpc) is 2.57. The van der Waals surface area contributed by atoms with E-state index in [4.69, 9.17) is 0 Å². The molecule has 2 amide bonds. The van der Waals surface area contributed by atoms with Crippen LogP contribution in [0.25, 0.3) is 0 Å². The zero-order valence-electron chi connectivity index (χ0n) is 7.50. The Kier molecular flexibility index (Phi) is 3.74. The highest BCUT2D eigenvalue weighted by Crippen LogP contribution is 1.84. The third-order valence-corrected chi connectivity index (χ3v) is 1.45. The minimum atomic E-state index is -0.151. The summed E-state index contributed by atoms with van der Waals surface area (Å²) in [6.07, 6.45) is 2.11. The van der Waals surface area contributed by atoms with Crippen molar-refractivity contribution in [3.8, 4) is 0 Å². The van der Waals surface area contributed by atoms with Crippen LogP contribution in [-0.2, 0) is 6.42 Å². The van der Waals surface area contributed by atoms with E-state index in [1.54, 1.807) is 0 Å². The van der Waals surface area contributed by atoms with Crippen LogP contribution in [0.3, 0.4) is 0 Å². The molecular formula is C7H13N5O. The highest BCUT2D eigenvalue weighted by atomic mass is 16.2. The van der Waals surface area contributed by atoms with Crippen molar-refractivity contribution in [2.45, 2.75) is 13.3 Å². The number of hydrogen-bond acceptors (Lipinski definition) is 3. The summed E-state index contributed by atoms with van der Waals surface area (Å²) < 4.78 is 0. The van der Waals surface area contributed by atoms with Crippen LogP contribution < -0.4 is 10.6 Å². The topological polar surface area (TPSA) is 82.7 Å². The predicted molar refractivity (Wildman–Crippen MR) is 47.2 cm³/mol. The van der Waals surface area contributed by atoms with Crippen LogP contribution in [-0.4, -0.2) is 34.3 Å². The van der Waals surface area contributed by atoms with Crippen molar-refractivity contribution in [2.24, 2.45) is 0 Å². The van der Waals surface area contributed by atoms with Gasteiger partial charge in [-0.25, -0.2) is 9.78 Å². The number of H-pyrrole nitrogens is 1. The SMILES string of the molecule is CCNC(=O)NCCc1ncn[nH]1. The summed E-state index contributed by atoms with van der Waals surface area (Å²) in [5.74, 6) is 0.775. The van der Waals surface area contributed by atoms with E-state index >= 15 is 0 Å². The van der Waals surface area contributed by atoms with Gasteiger partial charge < -0.3 is 10.6 Å². The highest BCUT2D eigenvalue weighted by Gasteiger charge is 1.98. The van der Waals surface area contributed by atoms with E-state index in [9.17, 15) is 4.79 Å². The second-order valence-corrected chi connectivity index (χ2v) is 2.47. The second-order valence-electron chi connectivity index (χ2n) is 2.47. The van der Waals surface area contributed by atoms with Gasteiger partial charge in [0.05, 0.1) is 0 Å². The summed E-state index contributed by atoms with van der Waals surface area (Å²) >= 11 is 0. The van der Waals surface area contributed by atoms with Crippen molar-refractivity contribution < 1.29 is 4.79 Å². The summed E-state index contributed by atoms with van der Waals surface area (Å²) in [5.41, 5.74) is 0. The molecule has 1 heterocycles. The molecule has 6 nitrogen and oxygen atoms in total. The van der Waals surface area contributed by atoms with Crippen LogP contribution in [0.1, 0.15) is 12.7 Å². The number of nitrogens with zero attached hydrogens (tertiary/aromatic N) is 2. The van der Waals surface area contributed by atoms with Crippen molar-refractivity contribution >= 4 is 6.03 Å². The molecule has 0 aliphatic carbocycles. The van der Waals surface area contributed by atoms with Gasteiger partial charge in [0.15, 0.2) is 0 Å². The maximum absolute atomic E-state index is 10.9. The molecule has 0 bridgehead atoms. The van der Waals surface area contributed by atoms with Gasteiger partial charge in [0.2, 0.25) is 0 Å². The lowest BCUT2D eigenvalue weighted by Gasteiger charge is -2.03. The Labute approximate surface area is 76.1 Å². The van der Waals surface area contributed by atoms with Crippen molar-refractivity contribution in [2.75, 3.05) is 13.1 Å². The van der Waals surface area contributed by atoms with E-state index in [-0.39, 0.29) is 6.03 Å². The molecule has 1 rings (SSSR count). The maximum Gasteiger partial charge on any atom is 0.314 e. The van der Waals surface area contributed by atoms with Crippen LogP contribution in [0.2, 0.25) is 0 Å². The van der Waals surface area contributed by atoms with Gasteiger partial charge in [-0.15, -0.1) is 0 Å². The third-order valence-electron chi connectivity index (χ3n) is 1.45. The molecule has 0 spiro atoms. The number of aromatic amines is 1. The fourth-order valence-electron chi connectivity index (χ4n) is 0.869. The molecule has 6 heteroatoms. The van der Waals surface area contributed by atoms with Crippen molar-refractivity contribution in [3.05, 3.63) is 12.2 Å². The first-order chi connectivity index (χ1) is 6.33. The fourth-order valence-corrected chi connectivity index (χ4v) is 0.869. The number of urea groups is 1. The number of carbonyl (C=O) groups excluding carboxylic acids is 1. The van der Waals surface area contributed by atoms with E-state index in [1.807, 2.05) is 6.92 Å². The number of rotatable bonds is 4. The van der Waals surface area contributed by atoms with Crippen LogP contribution in [0.5, 0.6) is 0 Å². The van der Waals surface area contributed by atoms with Gasteiger partial charge in [0, 0.05) is 19.5 Å². The molecule has 3 N–H and O–H groups in total. The number of nitrogens with one attached hydrogen (secondary N) is 3. The fraction of sp³-hybridized carbons (Fsp3) is 0.571. The summed E-state index contributed by atoms with van der Waals surface area (Å²) in [5, 5.41) is 11.7. The lowest BCUT2D eigenvalue weighted by atomic mass is 10.4. The standard InChI is InChI=1S/C7H13N5O/c1-2-8-7(13)9-4-3-6-10-5-11-12-6/h5H,2-4H2,1H3,(H2,8,9,13)(H,10,11,12). The Balaban J connectivity index is 2.11. The molecule has 0 radical (unpaired) electrons. The first-order valence-corrected chi connectivity index (χ1v) is 4.19. The van der Waals surface area contributed by atoms with Crippen LogP contribution in [0, 0.1) is 0 Å². The molecule has 13 heavy (non-hydrogen) atoms. The van der Waals surface area contributed by atoms with E-state index in [2.05, 4.69) is 25.8 Å². The number of amides is 2. The number of aromatic nitrogens is 3. The number of hydrogen-bond donors (Lipinski definition) is 3. The van der Waals surface area contributed by atoms with Crippen LogP contribution in [0.15, 0.2) is 6.33 Å². The molecule has 1 aromatic rings. The minimum Gasteiger partial charge on any atom is -0.338 e. The van der Waals surface area contributed by atoms with E-state index in [0.29, 0.717) is 19.5 Å². The molecule has 0 aliphatic heterocycles. The zero-order chi connectivity index (χ0) is 9.52. The third kappa shape index (κ3) is 3.55. The average molecular weight is 183 g/mol. The summed E-state index contributed by atoms with van der Waals surface area (Å²) in [6.45, 7) is 3.06. The number of carbonyl (C=O) groups is 1. The summed E-state index contributed by atoms with van der Waals surface area (Å²) in [4.78, 5) is 14.8. The van der Waals surface area contributed by atoms with E-state index in [0.717, 1.165) is 5.82 Å². The van der Waals surface area contributed by atoms with Gasteiger partial charge in [-0.2, -0.15) is 5.10 Å². The Morgan fingerprint density at radius 1 is 1.62 bits per heavy atom. The Morgan fingerprint density at radius 2 is 2.46 bits per heavy atom. The molecule has 1 aromatic heterocycles. The Bertz CT molecular complexity index is 245. The molecule has 0 atom stereocenters. The molecule has 0 fully saturated rings. The van der Waals surface area contributed by atoms with Gasteiger partial charge in [0.25, 0.3) is 0 Å². The smallest absolute Gasteiger partial charge is 0.314 e. The van der Waals surface area contributed by atoms with Crippen molar-refractivity contribution in [1.82, 2.24) is 25.8 Å². The second kappa shape index (κ2) is 5.13. The first kappa shape index (κ1) is 9.50. The normalized spacial score (nSPS) is 9.62. The molecule has 72 valence electrons. The highest BCUT2D eigenvalue weighted by molar-refractivity contribution is 5.73. The first-order valence-electron chi connectivity index (χ1n) is 4.19. The molecular weight excluding hydrogens is 170 g/mol. The van der Waals surface area contributed by atoms with E-state index < -0.39 is 0 Å². The van der Waals surface area contributed by atoms with Gasteiger partial charge in [-0.05, 0) is 6.92 Å². The van der Waals surface area contributed by atoms with Crippen LogP contribution >= 0.6 is 0 Å². The quantitative estimate of drug-likeness (QED) is 0.597. The van der Waals surface area contributed by atoms with Gasteiger partial charge in [-0.3, -0.25) is 5.10 Å². The van der Waals surface area contributed by atoms with Crippen molar-refractivity contribution in [3.63, 3.8) is 0 Å². The van der Waals surface area contributed by atoms with Gasteiger partial charge in [0.1, 0.15) is 12.2 Å². The molecule has 0 aliphatic rings. The maximum atomic E-state index is 10.9. The molecule has 0 saturated carbocycles. The van der Waals surface area contributed by atoms with Crippen LogP contribution in [0.4, 0.5) is 4.79 Å². The molecule has 0 aromatic carbocycles. The Hall–Kier alpha value is -1.59. The Morgan fingerprint density at radius 3 is 3.08 bits per heavy atom. The van der Waals surface area contributed by atoms with Gasteiger partial charge in [-0.1, -0.05) is 0 Å². The van der Waals surface area contributed by atoms with Gasteiger partial charge >= 0.3 is 6.03 Å². The lowest BCUT2D eigenvalue weighted by Crippen LogP contribution is -2.36. The molecule has 0 unspecified atom stereocenters. The molecule has 0 saturated heterocycles. The lowest BCUT2D eigenvalue weighted by molar-refractivity contribution is 0.241. The summed E-state index contributed by atoms with van der Waals surface area (Å²) in [6, 6.07) is -0.151. The predicted octanol–water partition coefficient (Wildman–Crippen LogP) is -0.334. The largest absolute Gasteiger partial charge is 0.338 e.